The fourth-order valence-corrected chi connectivity index (χ4v) is 5.72. The first-order valence-corrected chi connectivity index (χ1v) is 10.5. The Labute approximate surface area is 155 Å². The maximum atomic E-state index is 12.7. The Bertz CT molecular complexity index is 902. The standard InChI is InChI=1S/C21H24O4S/c1-14-3-8-17(9-4-14)21(22)13-16-7-12-19(21)20(16)25-26(23,24)18-10-5-15(2)6-11-18/h3-6,8-11,16,19-20,22H,7,12-13H2,1-2H3/t16?,19?,20-,21-/m0/s1. The highest BCUT2D eigenvalue weighted by Gasteiger charge is 2.59. The average molecular weight is 372 g/mol. The molecular weight excluding hydrogens is 348 g/mol. The van der Waals surface area contributed by atoms with Crippen LogP contribution in [0.25, 0.3) is 0 Å². The zero-order valence-electron chi connectivity index (χ0n) is 15.1. The SMILES string of the molecule is Cc1ccc([C@@]2(O)CC3CCC2[C@H]3OS(=O)(=O)c2ccc(C)cc2)cc1. The van der Waals surface area contributed by atoms with E-state index in [0.29, 0.717) is 6.42 Å². The molecule has 0 spiro atoms. The lowest BCUT2D eigenvalue weighted by atomic mass is 9.79. The van der Waals surface area contributed by atoms with Crippen LogP contribution in [0, 0.1) is 25.7 Å². The summed E-state index contributed by atoms with van der Waals surface area (Å²) >= 11 is 0. The Hall–Kier alpha value is -1.69. The van der Waals surface area contributed by atoms with Gasteiger partial charge in [0.25, 0.3) is 10.1 Å². The molecule has 5 heteroatoms. The lowest BCUT2D eigenvalue weighted by Gasteiger charge is -2.33. The minimum Gasteiger partial charge on any atom is -0.385 e. The molecule has 2 unspecified atom stereocenters. The summed E-state index contributed by atoms with van der Waals surface area (Å²) in [7, 11) is -3.84. The summed E-state index contributed by atoms with van der Waals surface area (Å²) in [5.41, 5.74) is 1.98. The largest absolute Gasteiger partial charge is 0.385 e. The van der Waals surface area contributed by atoms with Crippen molar-refractivity contribution in [3.05, 3.63) is 65.2 Å². The Morgan fingerprint density at radius 2 is 1.54 bits per heavy atom. The zero-order chi connectivity index (χ0) is 18.5. The fourth-order valence-electron chi connectivity index (χ4n) is 4.56. The molecule has 0 amide bonds. The van der Waals surface area contributed by atoms with Gasteiger partial charge >= 0.3 is 0 Å². The third kappa shape index (κ3) is 2.88. The maximum absolute atomic E-state index is 12.7. The number of hydrogen-bond acceptors (Lipinski definition) is 4. The molecule has 138 valence electrons. The van der Waals surface area contributed by atoms with Crippen molar-refractivity contribution in [2.24, 2.45) is 11.8 Å². The van der Waals surface area contributed by atoms with Crippen molar-refractivity contribution in [1.29, 1.82) is 0 Å². The molecule has 2 aliphatic carbocycles. The summed E-state index contributed by atoms with van der Waals surface area (Å²) < 4.78 is 31.1. The van der Waals surface area contributed by atoms with E-state index in [4.69, 9.17) is 4.18 Å². The molecule has 2 fully saturated rings. The van der Waals surface area contributed by atoms with Gasteiger partial charge in [-0.2, -0.15) is 8.42 Å². The lowest BCUT2D eigenvalue weighted by molar-refractivity contribution is -0.0300. The molecule has 26 heavy (non-hydrogen) atoms. The number of benzene rings is 2. The highest BCUT2D eigenvalue weighted by Crippen LogP contribution is 2.57. The quantitative estimate of drug-likeness (QED) is 0.832. The average Bonchev–Trinajstić information content (AvgIpc) is 3.09. The normalized spacial score (nSPS) is 30.7. The first-order valence-electron chi connectivity index (χ1n) is 9.09. The second-order valence-electron chi connectivity index (χ2n) is 7.77. The van der Waals surface area contributed by atoms with Crippen LogP contribution in [-0.2, 0) is 19.9 Å². The lowest BCUT2D eigenvalue weighted by Crippen LogP contribution is -2.35. The minimum atomic E-state index is -3.84. The van der Waals surface area contributed by atoms with Gasteiger partial charge in [-0.05, 0) is 56.7 Å². The molecule has 0 saturated heterocycles. The smallest absolute Gasteiger partial charge is 0.297 e. The van der Waals surface area contributed by atoms with Crippen LogP contribution in [0.15, 0.2) is 53.4 Å². The van der Waals surface area contributed by atoms with E-state index in [1.165, 1.54) is 0 Å². The van der Waals surface area contributed by atoms with Gasteiger partial charge in [-0.1, -0.05) is 47.5 Å². The minimum absolute atomic E-state index is 0.0616. The second-order valence-corrected chi connectivity index (χ2v) is 9.34. The molecule has 0 aromatic heterocycles. The molecule has 1 N–H and O–H groups in total. The molecule has 2 saturated carbocycles. The van der Waals surface area contributed by atoms with Crippen LogP contribution in [0.1, 0.15) is 36.0 Å². The van der Waals surface area contributed by atoms with Gasteiger partial charge in [0.2, 0.25) is 0 Å². The predicted molar refractivity (Wildman–Crippen MR) is 99.1 cm³/mol. The van der Waals surface area contributed by atoms with Crippen LogP contribution < -0.4 is 0 Å². The molecular formula is C21H24O4S. The topological polar surface area (TPSA) is 63.6 Å². The van der Waals surface area contributed by atoms with Crippen molar-refractivity contribution in [3.8, 4) is 0 Å². The highest BCUT2D eigenvalue weighted by atomic mass is 32.2. The van der Waals surface area contributed by atoms with Crippen LogP contribution >= 0.6 is 0 Å². The van der Waals surface area contributed by atoms with E-state index in [1.54, 1.807) is 24.3 Å². The molecule has 2 aromatic rings. The summed E-state index contributed by atoms with van der Waals surface area (Å²) in [5, 5.41) is 11.3. The summed E-state index contributed by atoms with van der Waals surface area (Å²) in [5.74, 6) is -0.137. The van der Waals surface area contributed by atoms with Gasteiger partial charge in [-0.3, -0.25) is 4.18 Å². The number of fused-ring (bicyclic) bond motifs is 2. The molecule has 4 rings (SSSR count). The monoisotopic (exact) mass is 372 g/mol. The van der Waals surface area contributed by atoms with Crippen LogP contribution in [-0.4, -0.2) is 19.6 Å². The summed E-state index contributed by atoms with van der Waals surface area (Å²) in [4.78, 5) is 0.174. The van der Waals surface area contributed by atoms with Gasteiger partial charge in [0, 0.05) is 5.92 Å². The molecule has 2 aromatic carbocycles. The molecule has 4 nitrogen and oxygen atoms in total. The Kier molecular flexibility index (Phi) is 4.21. The predicted octanol–water partition coefficient (Wildman–Crippen LogP) is 3.70. The van der Waals surface area contributed by atoms with E-state index >= 15 is 0 Å². The van der Waals surface area contributed by atoms with E-state index in [9.17, 15) is 13.5 Å². The van der Waals surface area contributed by atoms with Gasteiger partial charge in [0.1, 0.15) is 0 Å². The molecule has 2 aliphatic rings. The van der Waals surface area contributed by atoms with Crippen molar-refractivity contribution in [2.75, 3.05) is 0 Å². The first kappa shape index (κ1) is 17.7. The maximum Gasteiger partial charge on any atom is 0.297 e. The summed E-state index contributed by atoms with van der Waals surface area (Å²) in [6.45, 7) is 3.92. The van der Waals surface area contributed by atoms with Gasteiger partial charge < -0.3 is 5.11 Å². The Morgan fingerprint density at radius 1 is 0.962 bits per heavy atom. The third-order valence-corrected chi connectivity index (χ3v) is 7.32. The van der Waals surface area contributed by atoms with Crippen molar-refractivity contribution in [2.45, 2.75) is 49.7 Å². The molecule has 0 radical (unpaired) electrons. The number of aliphatic hydroxyl groups is 1. The molecule has 4 atom stereocenters. The number of rotatable bonds is 4. The van der Waals surface area contributed by atoms with Crippen molar-refractivity contribution < 1.29 is 17.7 Å². The van der Waals surface area contributed by atoms with Crippen LogP contribution in [0.3, 0.4) is 0 Å². The first-order chi connectivity index (χ1) is 12.3. The van der Waals surface area contributed by atoms with E-state index in [1.807, 2.05) is 38.1 Å². The van der Waals surface area contributed by atoms with Gasteiger partial charge in [-0.25, -0.2) is 0 Å². The van der Waals surface area contributed by atoms with E-state index < -0.39 is 21.8 Å². The molecule has 2 bridgehead atoms. The van der Waals surface area contributed by atoms with E-state index in [2.05, 4.69) is 0 Å². The highest BCUT2D eigenvalue weighted by molar-refractivity contribution is 7.86. The van der Waals surface area contributed by atoms with Crippen LogP contribution in [0.4, 0.5) is 0 Å². The number of hydrogen-bond donors (Lipinski definition) is 1. The Balaban J connectivity index is 1.61. The van der Waals surface area contributed by atoms with E-state index in [-0.39, 0.29) is 16.7 Å². The van der Waals surface area contributed by atoms with Gasteiger partial charge in [0.05, 0.1) is 16.6 Å². The van der Waals surface area contributed by atoms with Gasteiger partial charge in [0.15, 0.2) is 0 Å². The Morgan fingerprint density at radius 3 is 2.15 bits per heavy atom. The van der Waals surface area contributed by atoms with Crippen LogP contribution in [0.5, 0.6) is 0 Å². The third-order valence-electron chi connectivity index (χ3n) is 6.00. The second kappa shape index (κ2) is 6.19. The summed E-state index contributed by atoms with van der Waals surface area (Å²) in [6, 6.07) is 14.5. The van der Waals surface area contributed by atoms with Crippen molar-refractivity contribution >= 4 is 10.1 Å². The van der Waals surface area contributed by atoms with Crippen molar-refractivity contribution in [1.82, 2.24) is 0 Å². The summed E-state index contributed by atoms with van der Waals surface area (Å²) in [6.07, 6.45) is 1.76. The fraction of sp³-hybridized carbons (Fsp3) is 0.429. The zero-order valence-corrected chi connectivity index (χ0v) is 15.9. The molecule has 0 aliphatic heterocycles. The van der Waals surface area contributed by atoms with Crippen LogP contribution in [0.2, 0.25) is 0 Å². The number of aryl methyl sites for hydroxylation is 2. The molecule has 0 heterocycles. The van der Waals surface area contributed by atoms with E-state index in [0.717, 1.165) is 29.5 Å². The van der Waals surface area contributed by atoms with Gasteiger partial charge in [-0.15, -0.1) is 0 Å². The van der Waals surface area contributed by atoms with Crippen molar-refractivity contribution in [3.63, 3.8) is 0 Å².